The van der Waals surface area contributed by atoms with Crippen molar-refractivity contribution in [1.29, 1.82) is 0 Å². The van der Waals surface area contributed by atoms with Crippen LogP contribution in [0.5, 0.6) is 0 Å². The summed E-state index contributed by atoms with van der Waals surface area (Å²) in [6.45, 7) is 7.17. The lowest BCUT2D eigenvalue weighted by molar-refractivity contribution is 0.0921. The number of hydrogen-bond donors (Lipinski definition) is 2. The van der Waals surface area contributed by atoms with Gasteiger partial charge in [-0.1, -0.05) is 6.92 Å². The summed E-state index contributed by atoms with van der Waals surface area (Å²) in [5, 5.41) is 9.60. The molecule has 2 rings (SSSR count). The maximum absolute atomic E-state index is 11.9. The number of aromatic nitrogens is 3. The van der Waals surface area contributed by atoms with Crippen LogP contribution in [0.25, 0.3) is 0 Å². The summed E-state index contributed by atoms with van der Waals surface area (Å²) in [4.78, 5) is 18.4. The van der Waals surface area contributed by atoms with Gasteiger partial charge in [0.2, 0.25) is 5.82 Å². The molecular weight excluding hydrogens is 230 g/mol. The van der Waals surface area contributed by atoms with Crippen LogP contribution < -0.4 is 5.32 Å². The van der Waals surface area contributed by atoms with Gasteiger partial charge in [0.1, 0.15) is 5.82 Å². The summed E-state index contributed by atoms with van der Waals surface area (Å²) in [5.41, 5.74) is 0. The van der Waals surface area contributed by atoms with Gasteiger partial charge in [-0.2, -0.15) is 0 Å². The second-order valence-corrected chi connectivity index (χ2v) is 4.84. The van der Waals surface area contributed by atoms with E-state index in [1.807, 2.05) is 13.8 Å². The Morgan fingerprint density at radius 2 is 2.22 bits per heavy atom. The SMILES string of the molecule is CCc1nc(C(=O)NC(C)CN2CCCC2)n[nH]1. The molecule has 1 aliphatic heterocycles. The van der Waals surface area contributed by atoms with Crippen molar-refractivity contribution < 1.29 is 4.79 Å². The predicted octanol–water partition coefficient (Wildman–Crippen LogP) is 0.581. The molecule has 1 aromatic rings. The summed E-state index contributed by atoms with van der Waals surface area (Å²) in [5.74, 6) is 0.783. The number of likely N-dealkylation sites (tertiary alicyclic amines) is 1. The Bertz CT molecular complexity index is 397. The molecule has 1 saturated heterocycles. The molecule has 1 unspecified atom stereocenters. The summed E-state index contributed by atoms with van der Waals surface area (Å²) >= 11 is 0. The van der Waals surface area contributed by atoms with Gasteiger partial charge < -0.3 is 10.2 Å². The fourth-order valence-electron chi connectivity index (χ4n) is 2.24. The van der Waals surface area contributed by atoms with Gasteiger partial charge in [-0.3, -0.25) is 9.89 Å². The molecule has 18 heavy (non-hydrogen) atoms. The van der Waals surface area contributed by atoms with Gasteiger partial charge in [0.25, 0.3) is 5.91 Å². The molecular formula is C12H21N5O. The Kier molecular flexibility index (Phi) is 4.30. The molecule has 1 amide bonds. The Hall–Kier alpha value is -1.43. The quantitative estimate of drug-likeness (QED) is 0.803. The predicted molar refractivity (Wildman–Crippen MR) is 68.4 cm³/mol. The minimum atomic E-state index is -0.197. The molecule has 0 saturated carbocycles. The van der Waals surface area contributed by atoms with Crippen molar-refractivity contribution >= 4 is 5.91 Å². The number of H-pyrrole nitrogens is 1. The van der Waals surface area contributed by atoms with E-state index in [1.165, 1.54) is 12.8 Å². The number of nitrogens with zero attached hydrogens (tertiary/aromatic N) is 3. The Labute approximate surface area is 107 Å². The zero-order valence-corrected chi connectivity index (χ0v) is 11.1. The number of rotatable bonds is 5. The minimum absolute atomic E-state index is 0.124. The molecule has 1 atom stereocenters. The third kappa shape index (κ3) is 3.29. The molecule has 1 fully saturated rings. The number of carbonyl (C=O) groups excluding carboxylic acids is 1. The second kappa shape index (κ2) is 5.95. The van der Waals surface area contributed by atoms with Gasteiger partial charge in [0.15, 0.2) is 0 Å². The van der Waals surface area contributed by atoms with Crippen LogP contribution in [0.4, 0.5) is 0 Å². The van der Waals surface area contributed by atoms with Crippen LogP contribution >= 0.6 is 0 Å². The molecule has 0 radical (unpaired) electrons. The Morgan fingerprint density at radius 1 is 1.50 bits per heavy atom. The van der Waals surface area contributed by atoms with Gasteiger partial charge in [0.05, 0.1) is 0 Å². The summed E-state index contributed by atoms with van der Waals surface area (Å²) in [7, 11) is 0. The normalized spacial score (nSPS) is 17.9. The van der Waals surface area contributed by atoms with E-state index < -0.39 is 0 Å². The fourth-order valence-corrected chi connectivity index (χ4v) is 2.24. The lowest BCUT2D eigenvalue weighted by Crippen LogP contribution is -2.41. The van der Waals surface area contributed by atoms with Crippen LogP contribution in [0.1, 0.15) is 43.1 Å². The van der Waals surface area contributed by atoms with E-state index in [0.717, 1.165) is 31.9 Å². The number of aromatic amines is 1. The third-order valence-electron chi connectivity index (χ3n) is 3.18. The maximum Gasteiger partial charge on any atom is 0.291 e. The number of nitrogens with one attached hydrogen (secondary N) is 2. The van der Waals surface area contributed by atoms with Crippen molar-refractivity contribution in [3.05, 3.63) is 11.6 Å². The van der Waals surface area contributed by atoms with Crippen molar-refractivity contribution in [3.63, 3.8) is 0 Å². The van der Waals surface area contributed by atoms with E-state index >= 15 is 0 Å². The van der Waals surface area contributed by atoms with Crippen LogP contribution in [0.3, 0.4) is 0 Å². The molecule has 0 aliphatic carbocycles. The summed E-state index contributed by atoms with van der Waals surface area (Å²) in [6, 6.07) is 0.124. The molecule has 2 N–H and O–H groups in total. The van der Waals surface area contributed by atoms with E-state index in [9.17, 15) is 4.79 Å². The van der Waals surface area contributed by atoms with Gasteiger partial charge in [-0.15, -0.1) is 5.10 Å². The molecule has 2 heterocycles. The molecule has 100 valence electrons. The standard InChI is InChI=1S/C12H21N5O/c1-3-10-14-11(16-15-10)12(18)13-9(2)8-17-6-4-5-7-17/h9H,3-8H2,1-2H3,(H,13,18)(H,14,15,16). The summed E-state index contributed by atoms with van der Waals surface area (Å²) in [6.07, 6.45) is 3.28. The van der Waals surface area contributed by atoms with Crippen molar-refractivity contribution in [2.75, 3.05) is 19.6 Å². The number of hydrogen-bond acceptors (Lipinski definition) is 4. The highest BCUT2D eigenvalue weighted by atomic mass is 16.2. The van der Waals surface area contributed by atoms with E-state index in [1.54, 1.807) is 0 Å². The summed E-state index contributed by atoms with van der Waals surface area (Å²) < 4.78 is 0. The molecule has 0 spiro atoms. The van der Waals surface area contributed by atoms with Crippen molar-refractivity contribution in [2.24, 2.45) is 0 Å². The lowest BCUT2D eigenvalue weighted by Gasteiger charge is -2.20. The number of carbonyl (C=O) groups is 1. The first kappa shape index (κ1) is 13.0. The fraction of sp³-hybridized carbons (Fsp3) is 0.750. The van der Waals surface area contributed by atoms with Crippen molar-refractivity contribution in [2.45, 2.75) is 39.2 Å². The van der Waals surface area contributed by atoms with Crippen LogP contribution in [0.15, 0.2) is 0 Å². The lowest BCUT2D eigenvalue weighted by atomic mass is 10.3. The highest BCUT2D eigenvalue weighted by Gasteiger charge is 2.18. The van der Waals surface area contributed by atoms with Gasteiger partial charge in [-0.05, 0) is 32.9 Å². The highest BCUT2D eigenvalue weighted by molar-refractivity contribution is 5.90. The average molecular weight is 251 g/mol. The van der Waals surface area contributed by atoms with Crippen LogP contribution in [-0.2, 0) is 6.42 Å². The first-order valence-corrected chi connectivity index (χ1v) is 6.63. The molecule has 1 aromatic heterocycles. The van der Waals surface area contributed by atoms with Crippen LogP contribution in [0.2, 0.25) is 0 Å². The van der Waals surface area contributed by atoms with Gasteiger partial charge >= 0.3 is 0 Å². The van der Waals surface area contributed by atoms with E-state index in [0.29, 0.717) is 0 Å². The van der Waals surface area contributed by atoms with Crippen LogP contribution in [0, 0.1) is 0 Å². The largest absolute Gasteiger partial charge is 0.346 e. The smallest absolute Gasteiger partial charge is 0.291 e. The molecule has 6 heteroatoms. The highest BCUT2D eigenvalue weighted by Crippen LogP contribution is 2.07. The Morgan fingerprint density at radius 3 is 2.83 bits per heavy atom. The van der Waals surface area contributed by atoms with Crippen molar-refractivity contribution in [3.8, 4) is 0 Å². The zero-order valence-electron chi connectivity index (χ0n) is 11.1. The van der Waals surface area contributed by atoms with E-state index in [2.05, 4.69) is 25.4 Å². The molecule has 0 bridgehead atoms. The zero-order chi connectivity index (χ0) is 13.0. The Balaban J connectivity index is 1.82. The second-order valence-electron chi connectivity index (χ2n) is 4.84. The minimum Gasteiger partial charge on any atom is -0.346 e. The van der Waals surface area contributed by atoms with Gasteiger partial charge in [0, 0.05) is 19.0 Å². The van der Waals surface area contributed by atoms with Crippen LogP contribution in [-0.4, -0.2) is 51.7 Å². The first-order chi connectivity index (χ1) is 8.69. The van der Waals surface area contributed by atoms with E-state index in [-0.39, 0.29) is 17.8 Å². The maximum atomic E-state index is 11.9. The molecule has 1 aliphatic rings. The monoisotopic (exact) mass is 251 g/mol. The number of aryl methyl sites for hydroxylation is 1. The number of amides is 1. The molecule has 0 aromatic carbocycles. The average Bonchev–Trinajstić information content (AvgIpc) is 2.98. The topological polar surface area (TPSA) is 73.9 Å². The van der Waals surface area contributed by atoms with Crippen molar-refractivity contribution in [1.82, 2.24) is 25.4 Å². The first-order valence-electron chi connectivity index (χ1n) is 6.63. The van der Waals surface area contributed by atoms with Gasteiger partial charge in [-0.25, -0.2) is 4.98 Å². The van der Waals surface area contributed by atoms with E-state index in [4.69, 9.17) is 0 Å². The third-order valence-corrected chi connectivity index (χ3v) is 3.18. The molecule has 6 nitrogen and oxygen atoms in total.